The monoisotopic (exact) mass is 531 g/mol. The van der Waals surface area contributed by atoms with Crippen LogP contribution in [0.1, 0.15) is 53.7 Å². The molecule has 11 heteroatoms. The number of aliphatic hydroxyl groups excluding tert-OH is 2. The van der Waals surface area contributed by atoms with Crippen molar-refractivity contribution in [1.29, 1.82) is 0 Å². The second-order valence-corrected chi connectivity index (χ2v) is 10.8. The van der Waals surface area contributed by atoms with Gasteiger partial charge in [-0.05, 0) is 68.9 Å². The molecule has 5 rings (SSSR count). The largest absolute Gasteiger partial charge is 0.510 e. The summed E-state index contributed by atoms with van der Waals surface area (Å²) in [5.41, 5.74) is 2.77. The van der Waals surface area contributed by atoms with Gasteiger partial charge in [-0.1, -0.05) is 18.5 Å². The van der Waals surface area contributed by atoms with E-state index in [2.05, 4.69) is 5.32 Å². The molecule has 0 aromatic heterocycles. The average Bonchev–Trinajstić information content (AvgIpc) is 3.37. The zero-order valence-corrected chi connectivity index (χ0v) is 21.3. The summed E-state index contributed by atoms with van der Waals surface area (Å²) < 4.78 is 0. The Kier molecular flexibility index (Phi) is 6.14. The molecular formula is C26H30ClN3O7. The lowest BCUT2D eigenvalue weighted by Gasteiger charge is -2.50. The van der Waals surface area contributed by atoms with Crippen molar-refractivity contribution >= 4 is 29.1 Å². The van der Waals surface area contributed by atoms with Gasteiger partial charge in [-0.2, -0.15) is 0 Å². The average molecular weight is 532 g/mol. The first-order chi connectivity index (χ1) is 17.4. The highest BCUT2D eigenvalue weighted by Crippen LogP contribution is 2.53. The molecule has 0 radical (unpaired) electrons. The number of amides is 1. The Morgan fingerprint density at radius 3 is 2.59 bits per heavy atom. The van der Waals surface area contributed by atoms with Gasteiger partial charge in [0, 0.05) is 22.6 Å². The highest BCUT2D eigenvalue weighted by molar-refractivity contribution is 6.33. The number of halogens is 1. The molecule has 1 aromatic rings. The molecular weight excluding hydrogens is 502 g/mol. The molecule has 4 aliphatic rings. The number of hydrogen-bond donors (Lipinski definition) is 6. The zero-order valence-electron chi connectivity index (χ0n) is 20.5. The van der Waals surface area contributed by atoms with Crippen molar-refractivity contribution in [1.82, 2.24) is 10.2 Å². The van der Waals surface area contributed by atoms with Crippen LogP contribution in [0.4, 0.5) is 0 Å². The van der Waals surface area contributed by atoms with Crippen LogP contribution in [0.15, 0.2) is 28.7 Å². The normalized spacial score (nSPS) is 31.5. The summed E-state index contributed by atoms with van der Waals surface area (Å²) in [7, 11) is 1.64. The molecule has 0 bridgehead atoms. The minimum absolute atomic E-state index is 0.0287. The van der Waals surface area contributed by atoms with E-state index in [4.69, 9.17) is 17.3 Å². The van der Waals surface area contributed by atoms with Gasteiger partial charge in [0.15, 0.2) is 11.4 Å². The molecule has 1 unspecified atom stereocenters. The Bertz CT molecular complexity index is 1300. The van der Waals surface area contributed by atoms with Crippen LogP contribution in [0.5, 0.6) is 5.75 Å². The molecule has 7 N–H and O–H groups in total. The zero-order chi connectivity index (χ0) is 27.0. The van der Waals surface area contributed by atoms with Gasteiger partial charge < -0.3 is 31.5 Å². The minimum atomic E-state index is -2.66. The fraction of sp³-hybridized carbons (Fsp3) is 0.500. The van der Waals surface area contributed by atoms with Gasteiger partial charge >= 0.3 is 0 Å². The first-order valence-electron chi connectivity index (χ1n) is 12.4. The summed E-state index contributed by atoms with van der Waals surface area (Å²) in [6, 6.07) is 0.367. The Morgan fingerprint density at radius 2 is 2.00 bits per heavy atom. The number of aromatic hydroxyl groups is 1. The van der Waals surface area contributed by atoms with Crippen molar-refractivity contribution in [2.24, 2.45) is 17.6 Å². The lowest BCUT2D eigenvalue weighted by atomic mass is 9.58. The van der Waals surface area contributed by atoms with E-state index in [0.29, 0.717) is 22.7 Å². The lowest BCUT2D eigenvalue weighted by molar-refractivity contribution is -0.148. The number of ketones is 2. The van der Waals surface area contributed by atoms with Crippen molar-refractivity contribution in [3.05, 3.63) is 50.4 Å². The maximum absolute atomic E-state index is 13.7. The number of primary amides is 1. The van der Waals surface area contributed by atoms with E-state index in [1.807, 2.05) is 0 Å². The number of hydrogen-bond acceptors (Lipinski definition) is 9. The number of allylic oxidation sites excluding steroid dienone is 1. The first-order valence-corrected chi connectivity index (χ1v) is 12.8. The molecule has 0 spiro atoms. The van der Waals surface area contributed by atoms with Crippen LogP contribution < -0.4 is 11.1 Å². The van der Waals surface area contributed by atoms with E-state index < -0.39 is 58.0 Å². The summed E-state index contributed by atoms with van der Waals surface area (Å²) in [5.74, 6) is -6.73. The Morgan fingerprint density at radius 1 is 1.30 bits per heavy atom. The third kappa shape index (κ3) is 3.46. The Labute approximate surface area is 218 Å². The van der Waals surface area contributed by atoms with Gasteiger partial charge in [0.1, 0.15) is 22.8 Å². The molecule has 10 nitrogen and oxygen atoms in total. The number of carbonyl (C=O) groups excluding carboxylic acids is 3. The van der Waals surface area contributed by atoms with Crippen LogP contribution in [-0.4, -0.2) is 74.6 Å². The Hall–Kier alpha value is -2.92. The molecule has 1 heterocycles. The van der Waals surface area contributed by atoms with E-state index in [0.717, 1.165) is 19.4 Å². The van der Waals surface area contributed by atoms with E-state index in [-0.39, 0.29) is 35.8 Å². The molecule has 1 saturated heterocycles. The number of aliphatic hydroxyl groups is 3. The third-order valence-electron chi connectivity index (χ3n) is 8.54. The number of carbonyl (C=O) groups is 3. The van der Waals surface area contributed by atoms with Crippen LogP contribution in [-0.2, 0) is 16.0 Å². The second-order valence-electron chi connectivity index (χ2n) is 10.4. The van der Waals surface area contributed by atoms with Gasteiger partial charge in [-0.15, -0.1) is 0 Å². The van der Waals surface area contributed by atoms with Crippen molar-refractivity contribution in [3.63, 3.8) is 0 Å². The van der Waals surface area contributed by atoms with Gasteiger partial charge in [-0.25, -0.2) is 0 Å². The smallest absolute Gasteiger partial charge is 0.255 e. The van der Waals surface area contributed by atoms with Gasteiger partial charge in [0.25, 0.3) is 5.91 Å². The third-order valence-corrected chi connectivity index (χ3v) is 8.98. The number of phenols is 1. The van der Waals surface area contributed by atoms with E-state index in [1.165, 1.54) is 6.07 Å². The second kappa shape index (κ2) is 8.83. The molecule has 1 amide bonds. The number of nitrogens with one attached hydrogen (secondary N) is 1. The Balaban J connectivity index is 1.69. The van der Waals surface area contributed by atoms with E-state index in [1.54, 1.807) is 18.9 Å². The quantitative estimate of drug-likeness (QED) is 0.315. The summed E-state index contributed by atoms with van der Waals surface area (Å²) >= 11 is 6.79. The summed E-state index contributed by atoms with van der Waals surface area (Å²) in [4.78, 5) is 40.8. The number of fused-ring (bicyclic) bond motifs is 3. The maximum Gasteiger partial charge on any atom is 0.255 e. The number of likely N-dealkylation sites (N-methyl/N-ethyl adjacent to an activating group) is 1. The molecule has 3 aliphatic carbocycles. The number of nitrogens with zero attached hydrogens (tertiary/aromatic N) is 1. The van der Waals surface area contributed by atoms with Gasteiger partial charge in [0.2, 0.25) is 5.78 Å². The molecule has 198 valence electrons. The van der Waals surface area contributed by atoms with Crippen molar-refractivity contribution in [3.8, 4) is 5.75 Å². The van der Waals surface area contributed by atoms with Crippen LogP contribution in [0.25, 0.3) is 0 Å². The summed E-state index contributed by atoms with van der Waals surface area (Å²) in [6.45, 7) is 2.98. The molecule has 5 atom stereocenters. The van der Waals surface area contributed by atoms with Crippen LogP contribution >= 0.6 is 11.6 Å². The summed E-state index contributed by atoms with van der Waals surface area (Å²) in [6.07, 6.45) is 1.98. The predicted molar refractivity (Wildman–Crippen MR) is 133 cm³/mol. The lowest BCUT2D eigenvalue weighted by Crippen LogP contribution is -2.64. The van der Waals surface area contributed by atoms with Crippen LogP contribution in [0.2, 0.25) is 5.02 Å². The standard InChI is InChI=1S/C26H30ClN3O7/c1-3-30(2)20-13-8-10-7-12-17(15(31)9-11(19(12)27)14-5-4-6-29-14)21(32)16(10)23(34)26(13,37)24(35)18(22(20)33)25(28)36/h9-10,13-14,20,29,31,33-34,37H,3-8H2,1-2H3,(H2,28,36)/t10-,13-,14?,20-,26-/m0/s1. The molecule has 1 aliphatic heterocycles. The molecule has 0 saturated carbocycles. The highest BCUT2D eigenvalue weighted by Gasteiger charge is 2.63. The van der Waals surface area contributed by atoms with E-state index in [9.17, 15) is 34.8 Å². The van der Waals surface area contributed by atoms with Crippen molar-refractivity contribution < 1.29 is 34.8 Å². The number of rotatable bonds is 4. The fourth-order valence-corrected chi connectivity index (χ4v) is 6.99. The fourth-order valence-electron chi connectivity index (χ4n) is 6.63. The van der Waals surface area contributed by atoms with Crippen LogP contribution in [0.3, 0.4) is 0 Å². The molecule has 37 heavy (non-hydrogen) atoms. The van der Waals surface area contributed by atoms with Gasteiger partial charge in [-0.3, -0.25) is 19.3 Å². The van der Waals surface area contributed by atoms with Gasteiger partial charge in [0.05, 0.1) is 11.6 Å². The predicted octanol–water partition coefficient (Wildman–Crippen LogP) is 1.59. The topological polar surface area (TPSA) is 173 Å². The minimum Gasteiger partial charge on any atom is -0.510 e. The molecule has 1 aromatic carbocycles. The van der Waals surface area contributed by atoms with Crippen molar-refractivity contribution in [2.45, 2.75) is 50.3 Å². The SMILES string of the molecule is CCN(C)[C@@H]1C(O)=C(C(N)=O)C(=O)[C@@]2(O)C(O)=C3C(=O)c4c(O)cc(C5CCCN5)c(Cl)c4C[C@H]3C[C@@H]12. The summed E-state index contributed by atoms with van der Waals surface area (Å²) in [5, 5.41) is 48.6. The van der Waals surface area contributed by atoms with Crippen molar-refractivity contribution in [2.75, 3.05) is 20.1 Å². The number of Topliss-reactive ketones (excluding diaryl/α,β-unsaturated/α-hetero) is 2. The number of phenolic OH excluding ortho intramolecular Hbond substituents is 1. The number of benzene rings is 1. The number of nitrogens with two attached hydrogens (primary N) is 1. The molecule has 1 fully saturated rings. The first kappa shape index (κ1) is 25.7. The highest BCUT2D eigenvalue weighted by atomic mass is 35.5. The van der Waals surface area contributed by atoms with E-state index >= 15 is 0 Å². The maximum atomic E-state index is 13.7. The van der Waals surface area contributed by atoms with Crippen LogP contribution in [0, 0.1) is 11.8 Å².